The van der Waals surface area contributed by atoms with Crippen molar-refractivity contribution in [1.82, 2.24) is 9.62 Å². The number of amides is 2. The highest BCUT2D eigenvalue weighted by molar-refractivity contribution is 7.89. The molecule has 2 aromatic rings. The monoisotopic (exact) mass is 429 g/mol. The van der Waals surface area contributed by atoms with E-state index in [0.717, 1.165) is 24.0 Å². The minimum Gasteiger partial charge on any atom is -0.495 e. The minimum absolute atomic E-state index is 0.0862. The average Bonchev–Trinajstić information content (AvgIpc) is 3.55. The van der Waals surface area contributed by atoms with E-state index in [1.807, 2.05) is 24.3 Å². The standard InChI is InChI=1S/C21H23N3O5S/c1-29-18-9-6-14(11-19(18)30(27,28)23-16-7-8-16)21(26)24-12-15-5-3-2-4-13(15)10-17(24)20(22)25/h2-6,9,11,16-17,23H,7-8,10,12H2,1H3,(H2,22,25)/t17-/m1/s1. The second-order valence-corrected chi connectivity index (χ2v) is 9.27. The van der Waals surface area contributed by atoms with Crippen molar-refractivity contribution in [2.24, 2.45) is 5.73 Å². The van der Waals surface area contributed by atoms with Crippen LogP contribution in [0.5, 0.6) is 5.75 Å². The first-order valence-corrected chi connectivity index (χ1v) is 11.2. The van der Waals surface area contributed by atoms with Crippen LogP contribution < -0.4 is 15.2 Å². The zero-order valence-corrected chi connectivity index (χ0v) is 17.3. The lowest BCUT2D eigenvalue weighted by Crippen LogP contribution is -2.51. The molecule has 158 valence electrons. The number of fused-ring (bicyclic) bond motifs is 1. The molecular formula is C21H23N3O5S. The topological polar surface area (TPSA) is 119 Å². The van der Waals surface area contributed by atoms with Crippen LogP contribution in [0.4, 0.5) is 0 Å². The number of carbonyl (C=O) groups is 2. The van der Waals surface area contributed by atoms with Crippen LogP contribution in [0.25, 0.3) is 0 Å². The van der Waals surface area contributed by atoms with Crippen LogP contribution in [-0.4, -0.2) is 44.3 Å². The van der Waals surface area contributed by atoms with Gasteiger partial charge in [-0.05, 0) is 42.2 Å². The minimum atomic E-state index is -3.84. The maximum absolute atomic E-state index is 13.3. The van der Waals surface area contributed by atoms with Gasteiger partial charge >= 0.3 is 0 Å². The van der Waals surface area contributed by atoms with Crippen molar-refractivity contribution in [2.45, 2.75) is 42.8 Å². The quantitative estimate of drug-likeness (QED) is 0.715. The first-order chi connectivity index (χ1) is 14.3. The lowest BCUT2D eigenvalue weighted by atomic mass is 9.93. The van der Waals surface area contributed by atoms with Gasteiger partial charge in [0.2, 0.25) is 15.9 Å². The lowest BCUT2D eigenvalue weighted by molar-refractivity contribution is -0.122. The number of nitrogens with zero attached hydrogens (tertiary/aromatic N) is 1. The normalized spacial score (nSPS) is 18.6. The van der Waals surface area contributed by atoms with Crippen LogP contribution in [0.15, 0.2) is 47.4 Å². The average molecular weight is 429 g/mol. The number of ether oxygens (including phenoxy) is 1. The molecule has 1 atom stereocenters. The zero-order valence-electron chi connectivity index (χ0n) is 16.5. The molecule has 1 aliphatic heterocycles. The lowest BCUT2D eigenvalue weighted by Gasteiger charge is -2.35. The van der Waals surface area contributed by atoms with Crippen molar-refractivity contribution < 1.29 is 22.7 Å². The Balaban J connectivity index is 1.70. The fourth-order valence-electron chi connectivity index (χ4n) is 3.66. The summed E-state index contributed by atoms with van der Waals surface area (Å²) in [6.07, 6.45) is 1.89. The molecule has 1 saturated carbocycles. The first kappa shape index (κ1) is 20.4. The Morgan fingerprint density at radius 1 is 1.13 bits per heavy atom. The third-order valence-electron chi connectivity index (χ3n) is 5.44. The maximum atomic E-state index is 13.3. The fraction of sp³-hybridized carbons (Fsp3) is 0.333. The molecule has 0 saturated heterocycles. The van der Waals surface area contributed by atoms with Gasteiger partial charge in [0.1, 0.15) is 16.7 Å². The molecule has 8 nitrogen and oxygen atoms in total. The first-order valence-electron chi connectivity index (χ1n) is 9.67. The summed E-state index contributed by atoms with van der Waals surface area (Å²) in [7, 11) is -2.47. The van der Waals surface area contributed by atoms with Gasteiger partial charge in [0, 0.05) is 24.6 Å². The van der Waals surface area contributed by atoms with Crippen molar-refractivity contribution in [1.29, 1.82) is 0 Å². The number of methoxy groups -OCH3 is 1. The van der Waals surface area contributed by atoms with E-state index in [4.69, 9.17) is 10.5 Å². The van der Waals surface area contributed by atoms with Crippen LogP contribution in [0, 0.1) is 0 Å². The smallest absolute Gasteiger partial charge is 0.254 e. The van der Waals surface area contributed by atoms with E-state index in [2.05, 4.69) is 4.72 Å². The molecule has 1 fully saturated rings. The number of benzene rings is 2. The van der Waals surface area contributed by atoms with E-state index >= 15 is 0 Å². The summed E-state index contributed by atoms with van der Waals surface area (Å²) < 4.78 is 33.3. The second kappa shape index (κ2) is 7.73. The number of hydrogen-bond donors (Lipinski definition) is 2. The van der Waals surface area contributed by atoms with Crippen LogP contribution in [0.2, 0.25) is 0 Å². The molecule has 4 rings (SSSR count). The van der Waals surface area contributed by atoms with Crippen LogP contribution in [0.1, 0.15) is 34.3 Å². The molecule has 0 unspecified atom stereocenters. The van der Waals surface area contributed by atoms with Gasteiger partial charge < -0.3 is 15.4 Å². The van der Waals surface area contributed by atoms with Gasteiger partial charge in [-0.15, -0.1) is 0 Å². The number of carbonyl (C=O) groups excluding carboxylic acids is 2. The van der Waals surface area contributed by atoms with Gasteiger partial charge in [0.25, 0.3) is 5.91 Å². The van der Waals surface area contributed by atoms with Crippen LogP contribution >= 0.6 is 0 Å². The number of primary amides is 1. The molecule has 2 aromatic carbocycles. The highest BCUT2D eigenvalue weighted by Crippen LogP contribution is 2.30. The van der Waals surface area contributed by atoms with E-state index in [9.17, 15) is 18.0 Å². The van der Waals surface area contributed by atoms with Crippen LogP contribution in [-0.2, 0) is 27.8 Å². The fourth-order valence-corrected chi connectivity index (χ4v) is 5.16. The van der Waals surface area contributed by atoms with Crippen molar-refractivity contribution in [3.05, 3.63) is 59.2 Å². The number of nitrogens with one attached hydrogen (secondary N) is 1. The van der Waals surface area contributed by atoms with Gasteiger partial charge in [-0.2, -0.15) is 0 Å². The molecule has 0 spiro atoms. The van der Waals surface area contributed by atoms with E-state index in [0.29, 0.717) is 6.42 Å². The highest BCUT2D eigenvalue weighted by atomic mass is 32.2. The van der Waals surface area contributed by atoms with Crippen molar-refractivity contribution in [3.8, 4) is 5.75 Å². The van der Waals surface area contributed by atoms with E-state index in [1.165, 1.54) is 30.2 Å². The molecule has 0 aromatic heterocycles. The molecule has 2 aliphatic rings. The Morgan fingerprint density at radius 2 is 1.83 bits per heavy atom. The van der Waals surface area contributed by atoms with Gasteiger partial charge in [-0.3, -0.25) is 9.59 Å². The summed E-state index contributed by atoms with van der Waals surface area (Å²) in [5.74, 6) is -0.913. The Bertz CT molecular complexity index is 1110. The predicted molar refractivity (Wildman–Crippen MR) is 109 cm³/mol. The van der Waals surface area contributed by atoms with Gasteiger partial charge in [0.05, 0.1) is 7.11 Å². The summed E-state index contributed by atoms with van der Waals surface area (Å²) in [6.45, 7) is 0.219. The predicted octanol–water partition coefficient (Wildman–Crippen LogP) is 1.19. The van der Waals surface area contributed by atoms with Crippen molar-refractivity contribution >= 4 is 21.8 Å². The maximum Gasteiger partial charge on any atom is 0.254 e. The number of sulfonamides is 1. The molecule has 1 heterocycles. The molecule has 2 amide bonds. The SMILES string of the molecule is COc1ccc(C(=O)N2Cc3ccccc3C[C@@H]2C(N)=O)cc1S(=O)(=O)NC1CC1. The molecule has 9 heteroatoms. The van der Waals surface area contributed by atoms with Crippen LogP contribution in [0.3, 0.4) is 0 Å². The summed E-state index contributed by atoms with van der Waals surface area (Å²) >= 11 is 0. The largest absolute Gasteiger partial charge is 0.495 e. The zero-order chi connectivity index (χ0) is 21.5. The Labute approximate surface area is 175 Å². The summed E-state index contributed by atoms with van der Waals surface area (Å²) in [5, 5.41) is 0. The highest BCUT2D eigenvalue weighted by Gasteiger charge is 2.35. The third-order valence-corrected chi connectivity index (χ3v) is 6.98. The number of hydrogen-bond acceptors (Lipinski definition) is 5. The molecule has 3 N–H and O–H groups in total. The third kappa shape index (κ3) is 3.90. The molecular weight excluding hydrogens is 406 g/mol. The summed E-state index contributed by atoms with van der Waals surface area (Å²) in [5.41, 5.74) is 7.63. The van der Waals surface area contributed by atoms with Gasteiger partial charge in [0.15, 0.2) is 0 Å². The molecule has 30 heavy (non-hydrogen) atoms. The van der Waals surface area contributed by atoms with Gasteiger partial charge in [-0.25, -0.2) is 13.1 Å². The Kier molecular flexibility index (Phi) is 5.25. The molecule has 1 aliphatic carbocycles. The second-order valence-electron chi connectivity index (χ2n) is 7.59. The summed E-state index contributed by atoms with van der Waals surface area (Å²) in [6, 6.07) is 10.9. The summed E-state index contributed by atoms with van der Waals surface area (Å²) in [4.78, 5) is 26.7. The number of nitrogens with two attached hydrogens (primary N) is 1. The number of rotatable bonds is 6. The van der Waals surface area contributed by atoms with E-state index < -0.39 is 27.9 Å². The van der Waals surface area contributed by atoms with Crippen molar-refractivity contribution in [2.75, 3.05) is 7.11 Å². The van der Waals surface area contributed by atoms with E-state index in [-0.39, 0.29) is 28.8 Å². The van der Waals surface area contributed by atoms with E-state index in [1.54, 1.807) is 0 Å². The van der Waals surface area contributed by atoms with Crippen molar-refractivity contribution in [3.63, 3.8) is 0 Å². The molecule has 0 radical (unpaired) electrons. The van der Waals surface area contributed by atoms with Gasteiger partial charge in [-0.1, -0.05) is 24.3 Å². The Morgan fingerprint density at radius 3 is 2.47 bits per heavy atom. The Hall–Kier alpha value is -2.91. The molecule has 0 bridgehead atoms.